The molecular weight excluding hydrogens is 588 g/mol. The molecule has 1 aliphatic heterocycles. The number of hydrogen-bond donors (Lipinski definition) is 2. The summed E-state index contributed by atoms with van der Waals surface area (Å²) in [5.74, 6) is 0.726. The predicted octanol–water partition coefficient (Wildman–Crippen LogP) is 6.06. The number of amides is 2. The van der Waals surface area contributed by atoms with Gasteiger partial charge in [0.2, 0.25) is 10.0 Å². The number of aryl methyl sites for hydroxylation is 1. The van der Waals surface area contributed by atoms with Crippen molar-refractivity contribution in [1.82, 2.24) is 14.9 Å². The molecule has 0 aliphatic carbocycles. The zero-order chi connectivity index (χ0) is 31.8. The van der Waals surface area contributed by atoms with Crippen molar-refractivity contribution in [2.45, 2.75) is 88.8 Å². The topological polar surface area (TPSA) is 126 Å². The molecule has 2 N–H and O–H groups in total. The number of nitrogens with one attached hydrogen (secondary N) is 2. The van der Waals surface area contributed by atoms with E-state index in [4.69, 9.17) is 9.47 Å². The van der Waals surface area contributed by atoms with Crippen molar-refractivity contribution in [1.29, 1.82) is 0 Å². The Morgan fingerprint density at radius 3 is 2.26 bits per heavy atom. The molecule has 1 aliphatic rings. The molecule has 0 saturated heterocycles. The lowest BCUT2D eigenvalue weighted by Crippen LogP contribution is -2.42. The fourth-order valence-corrected chi connectivity index (χ4v) is 6.12. The molecule has 0 spiro atoms. The van der Waals surface area contributed by atoms with Crippen LogP contribution in [0.5, 0.6) is 0 Å². The molecule has 0 unspecified atom stereocenters. The molecule has 12 heteroatoms. The molecule has 0 fully saturated rings. The molecule has 0 radical (unpaired) electrons. The first-order valence-electron chi connectivity index (χ1n) is 14.3. The summed E-state index contributed by atoms with van der Waals surface area (Å²) in [7, 11) is -3.78. The van der Waals surface area contributed by atoms with Gasteiger partial charge in [0.15, 0.2) is 0 Å². The van der Waals surface area contributed by atoms with Crippen LogP contribution in [-0.4, -0.2) is 67.8 Å². The third-order valence-corrected chi connectivity index (χ3v) is 8.73. The average Bonchev–Trinajstić information content (AvgIpc) is 2.89. The normalized spacial score (nSPS) is 13.5. The molecule has 1 heterocycles. The number of sulfonamides is 1. The number of benzene rings is 2. The first-order valence-corrected chi connectivity index (χ1v) is 16.8. The second kappa shape index (κ2) is 14.6. The van der Waals surface area contributed by atoms with Crippen LogP contribution in [0.3, 0.4) is 0 Å². The van der Waals surface area contributed by atoms with Crippen molar-refractivity contribution in [3.05, 3.63) is 53.6 Å². The van der Waals surface area contributed by atoms with Gasteiger partial charge in [0.05, 0.1) is 10.6 Å². The van der Waals surface area contributed by atoms with Crippen molar-refractivity contribution >= 4 is 45.4 Å². The summed E-state index contributed by atoms with van der Waals surface area (Å²) in [5.41, 5.74) is 2.56. The summed E-state index contributed by atoms with van der Waals surface area (Å²) >= 11 is 1.56. The number of thioether (sulfide) groups is 1. The lowest BCUT2D eigenvalue weighted by Gasteiger charge is -2.27. The number of alkyl carbamates (subject to hydrolysis) is 1. The van der Waals surface area contributed by atoms with Crippen LogP contribution in [0.15, 0.2) is 57.2 Å². The third-order valence-electron chi connectivity index (χ3n) is 6.07. The van der Waals surface area contributed by atoms with Gasteiger partial charge >= 0.3 is 12.2 Å². The third kappa shape index (κ3) is 11.8. The van der Waals surface area contributed by atoms with E-state index in [1.54, 1.807) is 50.7 Å². The Labute approximate surface area is 260 Å². The van der Waals surface area contributed by atoms with E-state index in [1.807, 2.05) is 52.0 Å². The summed E-state index contributed by atoms with van der Waals surface area (Å²) < 4.78 is 39.5. The van der Waals surface area contributed by atoms with Gasteiger partial charge in [0, 0.05) is 42.5 Å². The Bertz CT molecular complexity index is 1410. The SMILES string of the molecule is CC1=Nc2ccc(S(=O)(=O)NCCN(CCCc3ccc(CNC(=O)OC(C)(C)C)cc3)C(=O)OC(C)(C)C)cc2SC1. The van der Waals surface area contributed by atoms with Crippen LogP contribution in [0.1, 0.15) is 66.0 Å². The van der Waals surface area contributed by atoms with Gasteiger partial charge in [0.1, 0.15) is 11.2 Å². The van der Waals surface area contributed by atoms with Crippen molar-refractivity contribution in [2.24, 2.45) is 4.99 Å². The second-order valence-electron chi connectivity index (χ2n) is 12.4. The van der Waals surface area contributed by atoms with E-state index in [-0.39, 0.29) is 18.0 Å². The molecule has 0 aromatic heterocycles. The quantitative estimate of drug-likeness (QED) is 0.309. The molecule has 2 amide bonds. The Morgan fingerprint density at radius 2 is 1.60 bits per heavy atom. The Balaban J connectivity index is 1.54. The monoisotopic (exact) mass is 632 g/mol. The highest BCUT2D eigenvalue weighted by atomic mass is 32.2. The number of nitrogens with zero attached hydrogens (tertiary/aromatic N) is 2. The van der Waals surface area contributed by atoms with Crippen molar-refractivity contribution in [3.63, 3.8) is 0 Å². The van der Waals surface area contributed by atoms with Gasteiger partial charge in [-0.3, -0.25) is 4.99 Å². The van der Waals surface area contributed by atoms with Crippen molar-refractivity contribution < 1.29 is 27.5 Å². The number of rotatable bonds is 11. The maximum Gasteiger partial charge on any atom is 0.410 e. The zero-order valence-electron chi connectivity index (χ0n) is 26.2. The van der Waals surface area contributed by atoms with Gasteiger partial charge in [-0.25, -0.2) is 22.7 Å². The summed E-state index contributed by atoms with van der Waals surface area (Å²) in [6.45, 7) is 13.7. The number of carbonyl (C=O) groups excluding carboxylic acids is 2. The number of fused-ring (bicyclic) bond motifs is 1. The molecule has 10 nitrogen and oxygen atoms in total. The fraction of sp³-hybridized carbons (Fsp3) is 0.516. The summed E-state index contributed by atoms with van der Waals surface area (Å²) in [4.78, 5) is 31.8. The summed E-state index contributed by atoms with van der Waals surface area (Å²) in [6.07, 6.45) is 0.407. The number of aliphatic imine (C=N–C) groups is 1. The second-order valence-corrected chi connectivity index (χ2v) is 15.2. The minimum absolute atomic E-state index is 0.0441. The van der Waals surface area contributed by atoms with E-state index in [9.17, 15) is 18.0 Å². The highest BCUT2D eigenvalue weighted by Crippen LogP contribution is 2.35. The first-order chi connectivity index (χ1) is 20.0. The van der Waals surface area contributed by atoms with Crippen molar-refractivity contribution in [2.75, 3.05) is 25.4 Å². The number of carbonyl (C=O) groups is 2. The van der Waals surface area contributed by atoms with Crippen LogP contribution < -0.4 is 10.0 Å². The minimum atomic E-state index is -3.78. The molecular formula is C31H44N4O6S2. The Hall–Kier alpha value is -3.09. The van der Waals surface area contributed by atoms with E-state index in [1.165, 1.54) is 4.90 Å². The average molecular weight is 633 g/mol. The van der Waals surface area contributed by atoms with Crippen molar-refractivity contribution in [3.8, 4) is 0 Å². The molecule has 2 aromatic carbocycles. The van der Waals surface area contributed by atoms with Gasteiger partial charge in [-0.15, -0.1) is 11.8 Å². The van der Waals surface area contributed by atoms with Gasteiger partial charge in [-0.2, -0.15) is 0 Å². The molecule has 236 valence electrons. The van der Waals surface area contributed by atoms with E-state index >= 15 is 0 Å². The van der Waals surface area contributed by atoms with Gasteiger partial charge in [0.25, 0.3) is 0 Å². The molecule has 0 bridgehead atoms. The fourth-order valence-electron chi connectivity index (χ4n) is 4.10. The van der Waals surface area contributed by atoms with Gasteiger partial charge in [-0.1, -0.05) is 24.3 Å². The molecule has 2 aromatic rings. The van der Waals surface area contributed by atoms with Crippen LogP contribution in [-0.2, 0) is 32.5 Å². The maximum absolute atomic E-state index is 13.0. The standard InChI is InChI=1S/C31H44N4O6S2/c1-22-21-42-27-19-25(14-15-26(27)34-22)43(38,39)33-16-18-35(29(37)41-31(5,6)7)17-8-9-23-10-12-24(13-11-23)20-32-28(36)40-30(2,3)4/h10-15,19,33H,8-9,16-18,20-21H2,1-7H3,(H,32,36). The van der Waals surface area contributed by atoms with Crippen LogP contribution in [0.25, 0.3) is 0 Å². The molecule has 0 saturated carbocycles. The van der Waals surface area contributed by atoms with Crippen LogP contribution in [0.2, 0.25) is 0 Å². The zero-order valence-corrected chi connectivity index (χ0v) is 27.8. The number of hydrogen-bond acceptors (Lipinski definition) is 8. The van der Waals surface area contributed by atoms with Crippen LogP contribution in [0, 0.1) is 0 Å². The van der Waals surface area contributed by atoms with Crippen LogP contribution in [0.4, 0.5) is 15.3 Å². The maximum atomic E-state index is 13.0. The smallest absolute Gasteiger partial charge is 0.410 e. The predicted molar refractivity (Wildman–Crippen MR) is 171 cm³/mol. The highest BCUT2D eigenvalue weighted by molar-refractivity contribution is 8.00. The van der Waals surface area contributed by atoms with E-state index < -0.39 is 33.4 Å². The largest absolute Gasteiger partial charge is 0.444 e. The van der Waals surface area contributed by atoms with E-state index in [2.05, 4.69) is 15.0 Å². The van der Waals surface area contributed by atoms with E-state index in [0.29, 0.717) is 25.9 Å². The molecule has 3 rings (SSSR count). The minimum Gasteiger partial charge on any atom is -0.444 e. The lowest BCUT2D eigenvalue weighted by molar-refractivity contribution is 0.0251. The first kappa shape index (κ1) is 34.4. The summed E-state index contributed by atoms with van der Waals surface area (Å²) in [6, 6.07) is 12.8. The van der Waals surface area contributed by atoms with Gasteiger partial charge in [-0.05, 0) is 90.6 Å². The lowest BCUT2D eigenvalue weighted by atomic mass is 10.1. The van der Waals surface area contributed by atoms with Gasteiger partial charge < -0.3 is 19.7 Å². The Kier molecular flexibility index (Phi) is 11.7. The highest BCUT2D eigenvalue weighted by Gasteiger charge is 2.23. The van der Waals surface area contributed by atoms with E-state index in [0.717, 1.165) is 33.2 Å². The number of ether oxygens (including phenoxy) is 2. The Morgan fingerprint density at radius 1 is 0.953 bits per heavy atom. The molecule has 0 atom stereocenters. The summed E-state index contributed by atoms with van der Waals surface area (Å²) in [5, 5.41) is 2.75. The van der Waals surface area contributed by atoms with Crippen LogP contribution >= 0.6 is 11.8 Å². The molecule has 43 heavy (non-hydrogen) atoms.